The first-order valence-corrected chi connectivity index (χ1v) is 5.30. The van der Waals surface area contributed by atoms with Crippen molar-refractivity contribution in [3.05, 3.63) is 0 Å². The lowest BCUT2D eigenvalue weighted by Gasteiger charge is -2.01. The monoisotopic (exact) mass is 230 g/mol. The van der Waals surface area contributed by atoms with Crippen LogP contribution < -0.4 is 11.5 Å². The van der Waals surface area contributed by atoms with Crippen molar-refractivity contribution < 1.29 is 9.47 Å². The van der Waals surface area contributed by atoms with Crippen molar-refractivity contribution in [1.29, 1.82) is 0 Å². The maximum atomic E-state index is 5.64. The second-order valence-corrected chi connectivity index (χ2v) is 3.23. The molecule has 6 heteroatoms. The van der Waals surface area contributed by atoms with E-state index in [1.165, 1.54) is 0 Å². The minimum absolute atomic E-state index is 0.300. The molecule has 0 aliphatic rings. The normalized spacial score (nSPS) is 13.1. The Bertz CT molecular complexity index is 205. The minimum Gasteiger partial charge on any atom is -0.385 e. The Morgan fingerprint density at radius 2 is 1.25 bits per heavy atom. The maximum absolute atomic E-state index is 5.64. The van der Waals surface area contributed by atoms with Gasteiger partial charge in [0.05, 0.1) is 0 Å². The first kappa shape index (κ1) is 14.9. The highest BCUT2D eigenvalue weighted by molar-refractivity contribution is 6.39. The molecular formula is C10H22N4O2. The molecule has 0 bridgehead atoms. The zero-order valence-electron chi connectivity index (χ0n) is 10.1. The summed E-state index contributed by atoms with van der Waals surface area (Å²) in [6, 6.07) is 0. The average Bonchev–Trinajstić information content (AvgIpc) is 2.29. The summed E-state index contributed by atoms with van der Waals surface area (Å²) in [7, 11) is 3.30. The van der Waals surface area contributed by atoms with Crippen LogP contribution in [-0.2, 0) is 9.47 Å². The molecule has 4 N–H and O–H groups in total. The molecule has 0 aromatic carbocycles. The van der Waals surface area contributed by atoms with Gasteiger partial charge in [-0.3, -0.25) is 9.98 Å². The van der Waals surface area contributed by atoms with Crippen molar-refractivity contribution >= 4 is 11.7 Å². The third-order valence-corrected chi connectivity index (χ3v) is 1.84. The van der Waals surface area contributed by atoms with Gasteiger partial charge in [-0.15, -0.1) is 0 Å². The molecule has 0 unspecified atom stereocenters. The smallest absolute Gasteiger partial charge is 0.161 e. The predicted molar refractivity (Wildman–Crippen MR) is 66.0 cm³/mol. The number of methoxy groups -OCH3 is 2. The second kappa shape index (κ2) is 10.4. The summed E-state index contributed by atoms with van der Waals surface area (Å²) in [6.45, 7) is 2.55. The van der Waals surface area contributed by atoms with Crippen molar-refractivity contribution in [1.82, 2.24) is 0 Å². The van der Waals surface area contributed by atoms with Crippen molar-refractivity contribution in [2.24, 2.45) is 21.5 Å². The molecular weight excluding hydrogens is 208 g/mol. The van der Waals surface area contributed by atoms with Crippen LogP contribution in [0.3, 0.4) is 0 Å². The van der Waals surface area contributed by atoms with Crippen molar-refractivity contribution in [3.63, 3.8) is 0 Å². The molecule has 0 saturated heterocycles. The second-order valence-electron chi connectivity index (χ2n) is 3.23. The summed E-state index contributed by atoms with van der Waals surface area (Å²) in [5.41, 5.74) is 11.3. The highest BCUT2D eigenvalue weighted by atomic mass is 16.5. The zero-order chi connectivity index (χ0) is 12.2. The SMILES string of the molecule is COCCCN=C(N)C(N)=NCCCOC. The first-order valence-electron chi connectivity index (χ1n) is 5.30. The maximum Gasteiger partial charge on any atom is 0.161 e. The Morgan fingerprint density at radius 3 is 1.56 bits per heavy atom. The number of ether oxygens (including phenoxy) is 2. The topological polar surface area (TPSA) is 95.2 Å². The Labute approximate surface area is 96.7 Å². The number of nitrogens with zero attached hydrogens (tertiary/aromatic N) is 2. The van der Waals surface area contributed by atoms with Gasteiger partial charge in [0.25, 0.3) is 0 Å². The Kier molecular flexibility index (Phi) is 9.64. The summed E-state index contributed by atoms with van der Waals surface area (Å²) in [5, 5.41) is 0. The molecule has 0 aliphatic heterocycles. The molecule has 0 atom stereocenters. The van der Waals surface area contributed by atoms with Crippen LogP contribution in [0.5, 0.6) is 0 Å². The first-order chi connectivity index (χ1) is 7.72. The van der Waals surface area contributed by atoms with E-state index in [1.54, 1.807) is 14.2 Å². The molecule has 6 nitrogen and oxygen atoms in total. The number of rotatable bonds is 8. The van der Waals surface area contributed by atoms with Crippen LogP contribution in [0.1, 0.15) is 12.8 Å². The molecule has 0 fully saturated rings. The molecule has 0 aliphatic carbocycles. The van der Waals surface area contributed by atoms with E-state index in [0.29, 0.717) is 38.0 Å². The minimum atomic E-state index is 0.300. The number of amidine groups is 2. The Balaban J connectivity index is 3.81. The van der Waals surface area contributed by atoms with Gasteiger partial charge < -0.3 is 20.9 Å². The number of aliphatic imine (C=N–C) groups is 2. The average molecular weight is 230 g/mol. The third-order valence-electron chi connectivity index (χ3n) is 1.84. The lowest BCUT2D eigenvalue weighted by molar-refractivity contribution is 0.197. The van der Waals surface area contributed by atoms with E-state index in [4.69, 9.17) is 20.9 Å². The van der Waals surface area contributed by atoms with Crippen molar-refractivity contribution in [3.8, 4) is 0 Å². The van der Waals surface area contributed by atoms with E-state index in [0.717, 1.165) is 12.8 Å². The van der Waals surface area contributed by atoms with Gasteiger partial charge in [-0.2, -0.15) is 0 Å². The van der Waals surface area contributed by atoms with Gasteiger partial charge in [0.2, 0.25) is 0 Å². The van der Waals surface area contributed by atoms with Crippen LogP contribution in [0.2, 0.25) is 0 Å². The van der Waals surface area contributed by atoms with E-state index in [2.05, 4.69) is 9.98 Å². The van der Waals surface area contributed by atoms with Crippen LogP contribution >= 0.6 is 0 Å². The highest BCUT2D eigenvalue weighted by Crippen LogP contribution is 1.85. The molecule has 0 rings (SSSR count). The van der Waals surface area contributed by atoms with Crippen LogP contribution in [0.4, 0.5) is 0 Å². The summed E-state index contributed by atoms with van der Waals surface area (Å²) >= 11 is 0. The largest absolute Gasteiger partial charge is 0.385 e. The van der Waals surface area contributed by atoms with Crippen molar-refractivity contribution in [2.75, 3.05) is 40.5 Å². The van der Waals surface area contributed by atoms with Gasteiger partial charge in [0.1, 0.15) is 0 Å². The van der Waals surface area contributed by atoms with Crippen LogP contribution in [0, 0.1) is 0 Å². The van der Waals surface area contributed by atoms with Gasteiger partial charge in [0.15, 0.2) is 11.7 Å². The lowest BCUT2D eigenvalue weighted by atomic mass is 10.4. The van der Waals surface area contributed by atoms with Crippen molar-refractivity contribution in [2.45, 2.75) is 12.8 Å². The molecule has 0 radical (unpaired) electrons. The third kappa shape index (κ3) is 8.19. The van der Waals surface area contributed by atoms with Gasteiger partial charge >= 0.3 is 0 Å². The Morgan fingerprint density at radius 1 is 0.875 bits per heavy atom. The highest BCUT2D eigenvalue weighted by Gasteiger charge is 1.97. The summed E-state index contributed by atoms with van der Waals surface area (Å²) < 4.78 is 9.78. The van der Waals surface area contributed by atoms with E-state index in [-0.39, 0.29) is 0 Å². The predicted octanol–water partition coefficient (Wildman–Crippen LogP) is -0.226. The van der Waals surface area contributed by atoms with Gasteiger partial charge in [-0.05, 0) is 12.8 Å². The lowest BCUT2D eigenvalue weighted by Crippen LogP contribution is -2.32. The molecule has 0 heterocycles. The Hall–Kier alpha value is -1.14. The molecule has 0 aromatic rings. The van der Waals surface area contributed by atoms with Crippen LogP contribution in [-0.4, -0.2) is 52.2 Å². The molecule has 0 aromatic heterocycles. The van der Waals surface area contributed by atoms with Gasteiger partial charge in [-0.25, -0.2) is 0 Å². The fraction of sp³-hybridized carbons (Fsp3) is 0.800. The zero-order valence-corrected chi connectivity index (χ0v) is 10.1. The molecule has 0 saturated carbocycles. The summed E-state index contributed by atoms with van der Waals surface area (Å²) in [6.07, 6.45) is 1.66. The van der Waals surface area contributed by atoms with E-state index in [9.17, 15) is 0 Å². The number of hydrogen-bond donors (Lipinski definition) is 2. The molecule has 0 spiro atoms. The molecule has 94 valence electrons. The van der Waals surface area contributed by atoms with E-state index >= 15 is 0 Å². The fourth-order valence-electron chi connectivity index (χ4n) is 0.979. The van der Waals surface area contributed by atoms with E-state index in [1.807, 2.05) is 0 Å². The summed E-state index contributed by atoms with van der Waals surface area (Å²) in [5.74, 6) is 0.599. The fourth-order valence-corrected chi connectivity index (χ4v) is 0.979. The quantitative estimate of drug-likeness (QED) is 0.342. The number of hydrogen-bond acceptors (Lipinski definition) is 4. The van der Waals surface area contributed by atoms with E-state index < -0.39 is 0 Å². The van der Waals surface area contributed by atoms with Crippen LogP contribution in [0.15, 0.2) is 9.98 Å². The standard InChI is InChI=1S/C10H22N4O2/c1-15-7-3-5-13-9(11)10(12)14-6-4-8-16-2/h3-8H2,1-2H3,(H2,11,13)(H2,12,14). The molecule has 0 amide bonds. The molecule has 16 heavy (non-hydrogen) atoms. The van der Waals surface area contributed by atoms with Gasteiger partial charge in [0, 0.05) is 40.5 Å². The number of nitrogens with two attached hydrogens (primary N) is 2. The van der Waals surface area contributed by atoms with Crippen LogP contribution in [0.25, 0.3) is 0 Å². The van der Waals surface area contributed by atoms with Gasteiger partial charge in [-0.1, -0.05) is 0 Å². The summed E-state index contributed by atoms with van der Waals surface area (Å²) in [4.78, 5) is 8.18.